The summed E-state index contributed by atoms with van der Waals surface area (Å²) in [6.45, 7) is 0.459. The van der Waals surface area contributed by atoms with Crippen molar-refractivity contribution in [2.75, 3.05) is 6.54 Å². The second kappa shape index (κ2) is 15.1. The molecule has 0 saturated heterocycles. The SMILES string of the molecule is NCCCCC(N)C(=O)NC(Cc1cnc[nH]1)C(=O)NC(Cc1cnc[nH]1)C(=O)NC(CC(N)=O)C(=O)O. The molecular formula is C22H34N10O6. The maximum atomic E-state index is 13.3. The van der Waals surface area contributed by atoms with E-state index in [-0.39, 0.29) is 12.8 Å². The van der Waals surface area contributed by atoms with E-state index in [0.717, 1.165) is 0 Å². The first-order chi connectivity index (χ1) is 18.1. The highest BCUT2D eigenvalue weighted by Crippen LogP contribution is 2.06. The zero-order chi connectivity index (χ0) is 28.1. The Morgan fingerprint density at radius 2 is 1.34 bits per heavy atom. The lowest BCUT2D eigenvalue weighted by atomic mass is 10.1. The number of carboxylic acids is 1. The first kappa shape index (κ1) is 29.9. The van der Waals surface area contributed by atoms with Crippen molar-refractivity contribution < 1.29 is 29.1 Å². The van der Waals surface area contributed by atoms with E-state index in [9.17, 15) is 29.1 Å². The van der Waals surface area contributed by atoms with Crippen LogP contribution in [-0.2, 0) is 36.8 Å². The van der Waals surface area contributed by atoms with Gasteiger partial charge in [-0.25, -0.2) is 14.8 Å². The molecule has 0 fully saturated rings. The van der Waals surface area contributed by atoms with Crippen molar-refractivity contribution in [3.05, 3.63) is 36.4 Å². The third kappa shape index (κ3) is 9.98. The summed E-state index contributed by atoms with van der Waals surface area (Å²) in [7, 11) is 0. The minimum Gasteiger partial charge on any atom is -0.480 e. The molecule has 0 spiro atoms. The lowest BCUT2D eigenvalue weighted by Gasteiger charge is -2.25. The summed E-state index contributed by atoms with van der Waals surface area (Å²) in [5.41, 5.74) is 17.5. The van der Waals surface area contributed by atoms with Crippen molar-refractivity contribution in [3.8, 4) is 0 Å². The molecule has 0 aliphatic heterocycles. The lowest BCUT2D eigenvalue weighted by Crippen LogP contribution is -2.58. The van der Waals surface area contributed by atoms with Gasteiger partial charge >= 0.3 is 5.97 Å². The van der Waals surface area contributed by atoms with Crippen molar-refractivity contribution >= 4 is 29.6 Å². The topological polar surface area (TPSA) is 277 Å². The second-order valence-corrected chi connectivity index (χ2v) is 8.65. The van der Waals surface area contributed by atoms with Gasteiger partial charge in [-0.15, -0.1) is 0 Å². The number of nitrogens with two attached hydrogens (primary N) is 3. The number of aliphatic carboxylic acids is 1. The van der Waals surface area contributed by atoms with Crippen molar-refractivity contribution in [1.82, 2.24) is 35.9 Å². The van der Waals surface area contributed by atoms with E-state index < -0.39 is 60.2 Å². The van der Waals surface area contributed by atoms with Gasteiger partial charge in [0.2, 0.25) is 23.6 Å². The summed E-state index contributed by atoms with van der Waals surface area (Å²) in [5.74, 6) is -4.59. The van der Waals surface area contributed by atoms with E-state index >= 15 is 0 Å². The van der Waals surface area contributed by atoms with E-state index in [1.807, 2.05) is 0 Å². The molecule has 0 aliphatic carbocycles. The third-order valence-corrected chi connectivity index (χ3v) is 5.55. The number of H-pyrrole nitrogens is 2. The molecule has 4 amide bonds. The minimum absolute atomic E-state index is 0.00488. The van der Waals surface area contributed by atoms with E-state index in [4.69, 9.17) is 17.2 Å². The summed E-state index contributed by atoms with van der Waals surface area (Å²) in [5, 5.41) is 16.7. The highest BCUT2D eigenvalue weighted by atomic mass is 16.4. The van der Waals surface area contributed by atoms with Gasteiger partial charge in [-0.2, -0.15) is 0 Å². The number of carboxylic acid groups (broad SMARTS) is 1. The molecule has 2 rings (SSSR count). The Hall–Kier alpha value is -4.31. The van der Waals surface area contributed by atoms with Gasteiger partial charge in [0.1, 0.15) is 18.1 Å². The highest BCUT2D eigenvalue weighted by molar-refractivity contribution is 5.95. The Labute approximate surface area is 217 Å². The number of carbonyl (C=O) groups is 5. The number of nitrogens with one attached hydrogen (secondary N) is 5. The van der Waals surface area contributed by atoms with E-state index in [1.165, 1.54) is 25.0 Å². The van der Waals surface area contributed by atoms with Crippen molar-refractivity contribution in [3.63, 3.8) is 0 Å². The average molecular weight is 535 g/mol. The van der Waals surface area contributed by atoms with Crippen LogP contribution < -0.4 is 33.2 Å². The number of aromatic amines is 2. The van der Waals surface area contributed by atoms with Gasteiger partial charge in [0.05, 0.1) is 25.1 Å². The number of imidazole rings is 2. The fourth-order valence-electron chi connectivity index (χ4n) is 3.52. The van der Waals surface area contributed by atoms with Crippen LogP contribution in [0.5, 0.6) is 0 Å². The van der Waals surface area contributed by atoms with Crippen molar-refractivity contribution in [2.45, 2.75) is 62.7 Å². The number of carbonyl (C=O) groups excluding carboxylic acids is 4. The van der Waals surface area contributed by atoms with E-state index in [2.05, 4.69) is 35.9 Å². The summed E-state index contributed by atoms with van der Waals surface area (Å²) < 4.78 is 0. The maximum absolute atomic E-state index is 13.3. The maximum Gasteiger partial charge on any atom is 0.326 e. The van der Waals surface area contributed by atoms with Crippen LogP contribution >= 0.6 is 0 Å². The Morgan fingerprint density at radius 3 is 1.76 bits per heavy atom. The molecule has 0 aliphatic rings. The van der Waals surface area contributed by atoms with Gasteiger partial charge in [0, 0.05) is 36.6 Å². The number of nitrogens with zero attached hydrogens (tertiary/aromatic N) is 2. The number of hydrogen-bond donors (Lipinski definition) is 9. The molecule has 2 aromatic heterocycles. The second-order valence-electron chi connectivity index (χ2n) is 8.65. The number of primary amides is 1. The predicted molar refractivity (Wildman–Crippen MR) is 133 cm³/mol. The summed E-state index contributed by atoms with van der Waals surface area (Å²) in [4.78, 5) is 75.2. The molecule has 38 heavy (non-hydrogen) atoms. The Balaban J connectivity index is 2.21. The Kier molecular flexibility index (Phi) is 11.9. The molecular weight excluding hydrogens is 500 g/mol. The normalized spacial score (nSPS) is 14.1. The average Bonchev–Trinajstić information content (AvgIpc) is 3.56. The van der Waals surface area contributed by atoms with Gasteiger partial charge < -0.3 is 48.2 Å². The van der Waals surface area contributed by atoms with Crippen LogP contribution in [0.15, 0.2) is 25.0 Å². The molecule has 0 bridgehead atoms. The monoisotopic (exact) mass is 534 g/mol. The van der Waals surface area contributed by atoms with Crippen LogP contribution in [-0.4, -0.2) is 85.4 Å². The largest absolute Gasteiger partial charge is 0.480 e. The molecule has 0 saturated carbocycles. The first-order valence-electron chi connectivity index (χ1n) is 11.9. The molecule has 4 atom stereocenters. The van der Waals surface area contributed by atoms with Crippen LogP contribution in [0.1, 0.15) is 37.1 Å². The summed E-state index contributed by atoms with van der Waals surface area (Å²) in [6.07, 6.45) is 6.63. The standard InChI is InChI=1S/C22H34N10O6/c23-4-2-1-3-14(24)19(34)30-15(5-12-8-26-10-28-12)20(35)31-16(6-13-9-27-11-29-13)21(36)32-17(22(37)38)7-18(25)33/h8-11,14-17H,1-7,23-24H2,(H2,25,33)(H,26,28)(H,27,29)(H,30,34)(H,31,35)(H,32,36)(H,37,38). The van der Waals surface area contributed by atoms with Gasteiger partial charge in [0.25, 0.3) is 0 Å². The van der Waals surface area contributed by atoms with Gasteiger partial charge in [-0.05, 0) is 19.4 Å². The van der Waals surface area contributed by atoms with Crippen molar-refractivity contribution in [2.24, 2.45) is 17.2 Å². The highest BCUT2D eigenvalue weighted by Gasteiger charge is 2.31. The van der Waals surface area contributed by atoms with Gasteiger partial charge in [-0.3, -0.25) is 19.2 Å². The van der Waals surface area contributed by atoms with Crippen LogP contribution in [0, 0.1) is 0 Å². The smallest absolute Gasteiger partial charge is 0.326 e. The van der Waals surface area contributed by atoms with Crippen LogP contribution in [0.25, 0.3) is 0 Å². The minimum atomic E-state index is -1.60. The molecule has 12 N–H and O–H groups in total. The molecule has 208 valence electrons. The van der Waals surface area contributed by atoms with Gasteiger partial charge in [-0.1, -0.05) is 6.42 Å². The zero-order valence-electron chi connectivity index (χ0n) is 20.7. The molecule has 0 radical (unpaired) electrons. The third-order valence-electron chi connectivity index (χ3n) is 5.55. The van der Waals surface area contributed by atoms with Crippen LogP contribution in [0.2, 0.25) is 0 Å². The Bertz CT molecular complexity index is 1060. The summed E-state index contributed by atoms with van der Waals surface area (Å²) in [6, 6.07) is -4.93. The zero-order valence-corrected chi connectivity index (χ0v) is 20.7. The Morgan fingerprint density at radius 1 is 0.842 bits per heavy atom. The number of rotatable bonds is 17. The molecule has 0 aromatic carbocycles. The number of amides is 4. The van der Waals surface area contributed by atoms with Crippen molar-refractivity contribution in [1.29, 1.82) is 0 Å². The molecule has 16 heteroatoms. The number of aromatic nitrogens is 4. The van der Waals surface area contributed by atoms with E-state index in [1.54, 1.807) is 0 Å². The fraction of sp³-hybridized carbons (Fsp3) is 0.500. The molecule has 2 aromatic rings. The molecule has 4 unspecified atom stereocenters. The van der Waals surface area contributed by atoms with Crippen LogP contribution in [0.3, 0.4) is 0 Å². The number of unbranched alkanes of at least 4 members (excludes halogenated alkanes) is 1. The lowest BCUT2D eigenvalue weighted by molar-refractivity contribution is -0.143. The molecule has 16 nitrogen and oxygen atoms in total. The fourth-order valence-corrected chi connectivity index (χ4v) is 3.52. The summed E-state index contributed by atoms with van der Waals surface area (Å²) >= 11 is 0. The van der Waals surface area contributed by atoms with Gasteiger partial charge in [0.15, 0.2) is 0 Å². The van der Waals surface area contributed by atoms with Crippen LogP contribution in [0.4, 0.5) is 0 Å². The predicted octanol–water partition coefficient (Wildman–Crippen LogP) is -3.21. The van der Waals surface area contributed by atoms with E-state index in [0.29, 0.717) is 37.2 Å². The number of hydrogen-bond acceptors (Lipinski definition) is 9. The molecule has 2 heterocycles. The quantitative estimate of drug-likeness (QED) is 0.0915. The first-order valence-corrected chi connectivity index (χ1v) is 11.9.